The first-order valence-electron chi connectivity index (χ1n) is 4.12. The van der Waals surface area contributed by atoms with Crippen molar-refractivity contribution in [3.63, 3.8) is 0 Å². The van der Waals surface area contributed by atoms with Gasteiger partial charge in [0, 0.05) is 6.07 Å². The largest absolute Gasteiger partial charge is 0.260 e. The quantitative estimate of drug-likeness (QED) is 0.757. The number of halogens is 2. The van der Waals surface area contributed by atoms with Gasteiger partial charge < -0.3 is 0 Å². The fourth-order valence-corrected chi connectivity index (χ4v) is 0.993. The van der Waals surface area contributed by atoms with Gasteiger partial charge in [0.15, 0.2) is 23.1 Å². The van der Waals surface area contributed by atoms with E-state index in [1.165, 1.54) is 18.3 Å². The smallest absolute Gasteiger partial charge is 0.170 e. The van der Waals surface area contributed by atoms with Crippen LogP contribution in [0.4, 0.5) is 20.3 Å². The van der Waals surface area contributed by atoms with Crippen LogP contribution in [0.5, 0.6) is 0 Å². The topological polar surface area (TPSA) is 53.4 Å². The molecule has 1 N–H and O–H groups in total. The van der Waals surface area contributed by atoms with Gasteiger partial charge in [-0.15, -0.1) is 10.2 Å². The lowest BCUT2D eigenvalue weighted by molar-refractivity contribution is 0.585. The maximum absolute atomic E-state index is 13.1. The van der Waals surface area contributed by atoms with Gasteiger partial charge in [-0.2, -0.15) is 5.10 Å². The Kier molecular flexibility index (Phi) is 2.49. The van der Waals surface area contributed by atoms with Gasteiger partial charge in [-0.3, -0.25) is 5.10 Å². The van der Waals surface area contributed by atoms with Crippen molar-refractivity contribution < 1.29 is 8.78 Å². The van der Waals surface area contributed by atoms with Crippen LogP contribution < -0.4 is 0 Å². The van der Waals surface area contributed by atoms with E-state index in [-0.39, 0.29) is 0 Å². The Labute approximate surface area is 83.7 Å². The second-order valence-electron chi connectivity index (χ2n) is 2.71. The molecule has 0 aliphatic heterocycles. The van der Waals surface area contributed by atoms with Gasteiger partial charge in [-0.25, -0.2) is 8.78 Å². The van der Waals surface area contributed by atoms with Crippen molar-refractivity contribution in [1.29, 1.82) is 0 Å². The highest BCUT2D eigenvalue weighted by Crippen LogP contribution is 2.23. The summed E-state index contributed by atoms with van der Waals surface area (Å²) in [6.45, 7) is 0. The summed E-state index contributed by atoms with van der Waals surface area (Å²) in [7, 11) is 0. The maximum atomic E-state index is 13.1. The molecule has 0 aliphatic carbocycles. The predicted molar refractivity (Wildman–Crippen MR) is 49.1 cm³/mol. The summed E-state index contributed by atoms with van der Waals surface area (Å²) in [6, 6.07) is 5.02. The molecular formula is C9H6F2N4. The van der Waals surface area contributed by atoms with Crippen molar-refractivity contribution in [3.8, 4) is 0 Å². The summed E-state index contributed by atoms with van der Waals surface area (Å²) in [6.07, 6.45) is 1.46. The molecule has 0 fully saturated rings. The van der Waals surface area contributed by atoms with Gasteiger partial charge in [0.1, 0.15) is 0 Å². The van der Waals surface area contributed by atoms with Crippen LogP contribution in [0.2, 0.25) is 0 Å². The Morgan fingerprint density at radius 3 is 2.40 bits per heavy atom. The molecule has 0 radical (unpaired) electrons. The van der Waals surface area contributed by atoms with Gasteiger partial charge in [0.25, 0.3) is 0 Å². The van der Waals surface area contributed by atoms with E-state index in [0.29, 0.717) is 5.82 Å². The molecule has 0 bridgehead atoms. The number of H-pyrrole nitrogens is 1. The third kappa shape index (κ3) is 2.04. The third-order valence-corrected chi connectivity index (χ3v) is 1.68. The number of hydrogen-bond donors (Lipinski definition) is 1. The van der Waals surface area contributed by atoms with Crippen LogP contribution in [0.1, 0.15) is 0 Å². The van der Waals surface area contributed by atoms with Crippen molar-refractivity contribution in [2.24, 2.45) is 10.2 Å². The summed E-state index contributed by atoms with van der Waals surface area (Å²) < 4.78 is 26.1. The maximum Gasteiger partial charge on any atom is 0.170 e. The second kappa shape index (κ2) is 3.95. The molecule has 4 nitrogen and oxygen atoms in total. The summed E-state index contributed by atoms with van der Waals surface area (Å²) in [4.78, 5) is 0. The van der Waals surface area contributed by atoms with Crippen LogP contribution in [-0.2, 0) is 0 Å². The van der Waals surface area contributed by atoms with Crippen LogP contribution in [0.25, 0.3) is 0 Å². The number of aromatic amines is 1. The van der Waals surface area contributed by atoms with Gasteiger partial charge >= 0.3 is 0 Å². The number of azo groups is 1. The van der Waals surface area contributed by atoms with E-state index in [4.69, 9.17) is 0 Å². The minimum Gasteiger partial charge on any atom is -0.260 e. The standard InChI is InChI=1S/C9H6F2N4/c10-6-2-1-3-7(11)9(6)15-14-8-4-5-12-13-8/h1-5H,(H,12,13). The van der Waals surface area contributed by atoms with Gasteiger partial charge in [0.2, 0.25) is 0 Å². The fourth-order valence-electron chi connectivity index (χ4n) is 0.993. The molecule has 0 atom stereocenters. The molecule has 0 saturated carbocycles. The number of hydrogen-bond acceptors (Lipinski definition) is 3. The normalized spacial score (nSPS) is 11.1. The molecule has 15 heavy (non-hydrogen) atoms. The van der Waals surface area contributed by atoms with E-state index in [0.717, 1.165) is 12.1 Å². The number of rotatable bonds is 2. The highest BCUT2D eigenvalue weighted by molar-refractivity contribution is 5.40. The number of aromatic nitrogens is 2. The summed E-state index contributed by atoms with van der Waals surface area (Å²) in [5.74, 6) is -1.17. The summed E-state index contributed by atoms with van der Waals surface area (Å²) in [5, 5.41) is 13.1. The zero-order valence-corrected chi connectivity index (χ0v) is 7.48. The van der Waals surface area contributed by atoms with Crippen LogP contribution in [0.3, 0.4) is 0 Å². The highest BCUT2D eigenvalue weighted by Gasteiger charge is 2.06. The predicted octanol–water partition coefficient (Wildman–Crippen LogP) is 3.10. The molecule has 2 aromatic rings. The number of nitrogens with one attached hydrogen (secondary N) is 1. The van der Waals surface area contributed by atoms with E-state index in [1.807, 2.05) is 0 Å². The molecule has 2 rings (SSSR count). The lowest BCUT2D eigenvalue weighted by atomic mass is 10.3. The van der Waals surface area contributed by atoms with Crippen LogP contribution >= 0.6 is 0 Å². The molecule has 0 saturated heterocycles. The van der Waals surface area contributed by atoms with E-state index in [1.54, 1.807) is 0 Å². The molecule has 6 heteroatoms. The summed E-state index contributed by atoms with van der Waals surface area (Å²) >= 11 is 0. The lowest BCUT2D eigenvalue weighted by Gasteiger charge is -1.95. The Morgan fingerprint density at radius 1 is 1.07 bits per heavy atom. The molecular weight excluding hydrogens is 202 g/mol. The average molecular weight is 208 g/mol. The van der Waals surface area contributed by atoms with Crippen molar-refractivity contribution >= 4 is 11.5 Å². The Hall–Kier alpha value is -2.11. The SMILES string of the molecule is Fc1cccc(F)c1N=Nc1ccn[nH]1. The molecule has 0 amide bonds. The number of nitrogens with zero attached hydrogens (tertiary/aromatic N) is 3. The van der Waals surface area contributed by atoms with Gasteiger partial charge in [-0.05, 0) is 12.1 Å². The molecule has 0 unspecified atom stereocenters. The van der Waals surface area contributed by atoms with E-state index >= 15 is 0 Å². The number of benzene rings is 1. The van der Waals surface area contributed by atoms with Crippen molar-refractivity contribution in [2.75, 3.05) is 0 Å². The highest BCUT2D eigenvalue weighted by atomic mass is 19.1. The monoisotopic (exact) mass is 208 g/mol. The van der Waals surface area contributed by atoms with Crippen molar-refractivity contribution in [1.82, 2.24) is 10.2 Å². The second-order valence-corrected chi connectivity index (χ2v) is 2.71. The first kappa shape index (κ1) is 9.45. The minimum absolute atomic E-state index is 0.331. The molecule has 76 valence electrons. The third-order valence-electron chi connectivity index (χ3n) is 1.68. The first-order valence-corrected chi connectivity index (χ1v) is 4.12. The molecule has 1 heterocycles. The first-order chi connectivity index (χ1) is 7.27. The Morgan fingerprint density at radius 2 is 1.80 bits per heavy atom. The average Bonchev–Trinajstić information content (AvgIpc) is 2.70. The van der Waals surface area contributed by atoms with E-state index in [2.05, 4.69) is 20.4 Å². The van der Waals surface area contributed by atoms with Crippen LogP contribution in [0.15, 0.2) is 40.7 Å². The molecule has 0 spiro atoms. The van der Waals surface area contributed by atoms with Gasteiger partial charge in [0.05, 0.1) is 6.20 Å². The van der Waals surface area contributed by atoms with E-state index < -0.39 is 17.3 Å². The molecule has 1 aromatic heterocycles. The van der Waals surface area contributed by atoms with Crippen molar-refractivity contribution in [2.45, 2.75) is 0 Å². The Bertz CT molecular complexity index is 459. The fraction of sp³-hybridized carbons (Fsp3) is 0. The zero-order chi connectivity index (χ0) is 10.7. The van der Waals surface area contributed by atoms with Gasteiger partial charge in [-0.1, -0.05) is 6.07 Å². The molecule has 0 aliphatic rings. The zero-order valence-electron chi connectivity index (χ0n) is 7.48. The molecule has 1 aromatic carbocycles. The van der Waals surface area contributed by atoms with Crippen LogP contribution in [-0.4, -0.2) is 10.2 Å². The lowest BCUT2D eigenvalue weighted by Crippen LogP contribution is -1.80. The Balaban J connectivity index is 2.32. The van der Waals surface area contributed by atoms with Crippen LogP contribution in [0, 0.1) is 11.6 Å². The van der Waals surface area contributed by atoms with Crippen molar-refractivity contribution in [3.05, 3.63) is 42.1 Å². The minimum atomic E-state index is -0.752. The summed E-state index contributed by atoms with van der Waals surface area (Å²) in [5.41, 5.74) is -0.410. The van der Waals surface area contributed by atoms with E-state index in [9.17, 15) is 8.78 Å².